The second-order valence-corrected chi connectivity index (χ2v) is 5.65. The highest BCUT2D eigenvalue weighted by Gasteiger charge is 2.38. The summed E-state index contributed by atoms with van der Waals surface area (Å²) in [6, 6.07) is 8.10. The van der Waals surface area contributed by atoms with Crippen LogP contribution in [0.4, 0.5) is 5.69 Å². The maximum atomic E-state index is 6.03. The molecule has 98 valence electrons. The second kappa shape index (κ2) is 5.28. The maximum absolute atomic E-state index is 6.03. The first-order chi connectivity index (χ1) is 8.57. The number of nitrogens with zero attached hydrogens (tertiary/aromatic N) is 2. The third-order valence-electron chi connectivity index (χ3n) is 3.26. The number of rotatable bonds is 4. The van der Waals surface area contributed by atoms with Crippen LogP contribution in [0, 0.1) is 0 Å². The first-order valence-corrected chi connectivity index (χ1v) is 6.71. The summed E-state index contributed by atoms with van der Waals surface area (Å²) < 4.78 is 6.22. The zero-order chi connectivity index (χ0) is 13.2. The van der Waals surface area contributed by atoms with E-state index in [9.17, 15) is 0 Å². The summed E-state index contributed by atoms with van der Waals surface area (Å²) in [5.74, 6) is 0.576. The van der Waals surface area contributed by atoms with Crippen molar-refractivity contribution >= 4 is 27.6 Å². The van der Waals surface area contributed by atoms with Crippen molar-refractivity contribution in [3.05, 3.63) is 28.7 Å². The van der Waals surface area contributed by atoms with Gasteiger partial charge in [-0.15, -0.1) is 0 Å². The van der Waals surface area contributed by atoms with Gasteiger partial charge in [0, 0.05) is 23.9 Å². The molecule has 0 saturated heterocycles. The van der Waals surface area contributed by atoms with Gasteiger partial charge in [0.15, 0.2) is 5.96 Å². The van der Waals surface area contributed by atoms with E-state index in [-0.39, 0.29) is 5.54 Å². The lowest BCUT2D eigenvalue weighted by atomic mass is 9.96. The molecule has 4 nitrogen and oxygen atoms in total. The third-order valence-corrected chi connectivity index (χ3v) is 3.76. The van der Waals surface area contributed by atoms with E-state index in [1.807, 2.05) is 18.2 Å². The van der Waals surface area contributed by atoms with Crippen molar-refractivity contribution < 1.29 is 4.74 Å². The molecule has 1 atom stereocenters. The summed E-state index contributed by atoms with van der Waals surface area (Å²) in [4.78, 5) is 6.47. The summed E-state index contributed by atoms with van der Waals surface area (Å²) in [6.45, 7) is 3.56. The molecule has 1 heterocycles. The number of aliphatic imine (C=N–C) groups is 1. The summed E-state index contributed by atoms with van der Waals surface area (Å²) in [5, 5.41) is 0. The van der Waals surface area contributed by atoms with Crippen molar-refractivity contribution in [2.45, 2.75) is 18.9 Å². The fourth-order valence-electron chi connectivity index (χ4n) is 2.24. The molecular formula is C13H18BrN3O. The molecule has 0 radical (unpaired) electrons. The van der Waals surface area contributed by atoms with E-state index < -0.39 is 0 Å². The van der Waals surface area contributed by atoms with Crippen LogP contribution in [0.15, 0.2) is 33.7 Å². The minimum absolute atomic E-state index is 0.110. The fraction of sp³-hybridized carbons (Fsp3) is 0.462. The van der Waals surface area contributed by atoms with Crippen LogP contribution in [-0.4, -0.2) is 31.8 Å². The smallest absolute Gasteiger partial charge is 0.196 e. The SMILES string of the molecule is COCCC1(C)CN=C(N)N1c1cccc(Br)c1. The first kappa shape index (κ1) is 13.4. The number of benzene rings is 1. The van der Waals surface area contributed by atoms with E-state index in [4.69, 9.17) is 10.5 Å². The van der Waals surface area contributed by atoms with Gasteiger partial charge < -0.3 is 15.4 Å². The van der Waals surface area contributed by atoms with Gasteiger partial charge in [0.2, 0.25) is 0 Å². The van der Waals surface area contributed by atoms with Crippen molar-refractivity contribution in [2.75, 3.05) is 25.2 Å². The quantitative estimate of drug-likeness (QED) is 0.929. The van der Waals surface area contributed by atoms with Gasteiger partial charge in [-0.2, -0.15) is 0 Å². The highest BCUT2D eigenvalue weighted by Crippen LogP contribution is 2.32. The molecule has 18 heavy (non-hydrogen) atoms. The average Bonchev–Trinajstić information content (AvgIpc) is 2.63. The molecule has 2 rings (SSSR count). The highest BCUT2D eigenvalue weighted by molar-refractivity contribution is 9.10. The molecule has 0 saturated carbocycles. The number of hydrogen-bond donors (Lipinski definition) is 1. The molecule has 1 aliphatic heterocycles. The Bertz CT molecular complexity index is 463. The Balaban J connectivity index is 2.30. The topological polar surface area (TPSA) is 50.9 Å². The molecule has 1 aliphatic rings. The van der Waals surface area contributed by atoms with E-state index in [1.165, 1.54) is 0 Å². The molecule has 1 unspecified atom stereocenters. The number of ether oxygens (including phenoxy) is 1. The van der Waals surface area contributed by atoms with Crippen molar-refractivity contribution in [1.82, 2.24) is 0 Å². The highest BCUT2D eigenvalue weighted by atomic mass is 79.9. The Hall–Kier alpha value is -1.07. The van der Waals surface area contributed by atoms with Crippen LogP contribution < -0.4 is 10.6 Å². The van der Waals surface area contributed by atoms with E-state index in [2.05, 4.69) is 38.8 Å². The monoisotopic (exact) mass is 311 g/mol. The van der Waals surface area contributed by atoms with Crippen molar-refractivity contribution in [2.24, 2.45) is 10.7 Å². The molecule has 0 aliphatic carbocycles. The molecule has 1 aromatic rings. The normalized spacial score (nSPS) is 23.3. The summed E-state index contributed by atoms with van der Waals surface area (Å²) in [7, 11) is 1.71. The van der Waals surface area contributed by atoms with Crippen LogP contribution in [0.1, 0.15) is 13.3 Å². The van der Waals surface area contributed by atoms with Crippen LogP contribution in [0.2, 0.25) is 0 Å². The van der Waals surface area contributed by atoms with Crippen molar-refractivity contribution in [3.63, 3.8) is 0 Å². The van der Waals surface area contributed by atoms with Crippen molar-refractivity contribution in [1.29, 1.82) is 0 Å². The van der Waals surface area contributed by atoms with E-state index in [0.29, 0.717) is 19.1 Å². The number of guanidine groups is 1. The van der Waals surface area contributed by atoms with Gasteiger partial charge in [-0.25, -0.2) is 0 Å². The zero-order valence-electron chi connectivity index (χ0n) is 10.7. The molecule has 0 spiro atoms. The molecule has 0 aromatic heterocycles. The van der Waals surface area contributed by atoms with E-state index in [0.717, 1.165) is 16.6 Å². The Morgan fingerprint density at radius 3 is 3.00 bits per heavy atom. The predicted octanol–water partition coefficient (Wildman–Crippen LogP) is 2.38. The summed E-state index contributed by atoms with van der Waals surface area (Å²) in [6.07, 6.45) is 0.889. The lowest BCUT2D eigenvalue weighted by Crippen LogP contribution is -2.50. The number of hydrogen-bond acceptors (Lipinski definition) is 4. The Morgan fingerprint density at radius 1 is 1.56 bits per heavy atom. The maximum Gasteiger partial charge on any atom is 0.196 e. The number of nitrogens with two attached hydrogens (primary N) is 1. The van der Waals surface area contributed by atoms with Crippen molar-refractivity contribution in [3.8, 4) is 0 Å². The Morgan fingerprint density at radius 2 is 2.33 bits per heavy atom. The van der Waals surface area contributed by atoms with Gasteiger partial charge in [-0.3, -0.25) is 4.99 Å². The zero-order valence-corrected chi connectivity index (χ0v) is 12.3. The first-order valence-electron chi connectivity index (χ1n) is 5.91. The third kappa shape index (κ3) is 2.52. The largest absolute Gasteiger partial charge is 0.385 e. The predicted molar refractivity (Wildman–Crippen MR) is 78.0 cm³/mol. The summed E-state index contributed by atoms with van der Waals surface area (Å²) in [5.41, 5.74) is 6.98. The van der Waals surface area contributed by atoms with Crippen LogP contribution in [-0.2, 0) is 4.74 Å². The van der Waals surface area contributed by atoms with Crippen LogP contribution in [0.25, 0.3) is 0 Å². The summed E-state index contributed by atoms with van der Waals surface area (Å²) >= 11 is 3.49. The number of anilines is 1. The van der Waals surface area contributed by atoms with Gasteiger partial charge >= 0.3 is 0 Å². The molecule has 0 bridgehead atoms. The average molecular weight is 312 g/mol. The lowest BCUT2D eigenvalue weighted by molar-refractivity contribution is 0.175. The van der Waals surface area contributed by atoms with E-state index in [1.54, 1.807) is 7.11 Å². The minimum atomic E-state index is -0.110. The molecular weight excluding hydrogens is 294 g/mol. The molecule has 5 heteroatoms. The standard InChI is InChI=1S/C13H18BrN3O/c1-13(6-7-18-2)9-16-12(15)17(13)11-5-3-4-10(14)8-11/h3-5,8H,6-7,9H2,1-2H3,(H2,15,16). The fourth-order valence-corrected chi connectivity index (χ4v) is 2.63. The van der Waals surface area contributed by atoms with E-state index >= 15 is 0 Å². The molecule has 2 N–H and O–H groups in total. The molecule has 0 fully saturated rings. The molecule has 1 aromatic carbocycles. The van der Waals surface area contributed by atoms with Gasteiger partial charge in [0.05, 0.1) is 12.1 Å². The van der Waals surface area contributed by atoms with Gasteiger partial charge in [0.25, 0.3) is 0 Å². The van der Waals surface area contributed by atoms with Gasteiger partial charge in [-0.05, 0) is 31.5 Å². The van der Waals surface area contributed by atoms with Gasteiger partial charge in [0.1, 0.15) is 0 Å². The van der Waals surface area contributed by atoms with Crippen LogP contribution >= 0.6 is 15.9 Å². The lowest BCUT2D eigenvalue weighted by Gasteiger charge is -2.36. The number of methoxy groups -OCH3 is 1. The number of halogens is 1. The Kier molecular flexibility index (Phi) is 3.92. The van der Waals surface area contributed by atoms with Gasteiger partial charge in [-0.1, -0.05) is 22.0 Å². The second-order valence-electron chi connectivity index (χ2n) is 4.73. The van der Waals surface area contributed by atoms with Crippen LogP contribution in [0.5, 0.6) is 0 Å². The Labute approximate surface area is 116 Å². The molecule has 0 amide bonds. The minimum Gasteiger partial charge on any atom is -0.385 e. The van der Waals surface area contributed by atoms with Crippen LogP contribution in [0.3, 0.4) is 0 Å².